The van der Waals surface area contributed by atoms with Crippen molar-refractivity contribution in [2.75, 3.05) is 6.61 Å². The standard InChI is InChI=1S/C27H46O2.C2H6/c1-18(17-28)6-5-7-19(2)23-10-11-24-22-9-8-20-16-21(29)12-14-26(20,3)25(22)13-15-27(23,24)4;1-2/h8,18-19,21-25,28-29H,5-7,9-17H2,1-4H3;1-2H3. The van der Waals surface area contributed by atoms with E-state index in [2.05, 4.69) is 33.8 Å². The molecule has 4 aliphatic carbocycles. The van der Waals surface area contributed by atoms with Crippen LogP contribution >= 0.6 is 0 Å². The highest BCUT2D eigenvalue weighted by Gasteiger charge is 2.59. The van der Waals surface area contributed by atoms with Crippen LogP contribution in [0.4, 0.5) is 0 Å². The maximum absolute atomic E-state index is 10.2. The Labute approximate surface area is 193 Å². The van der Waals surface area contributed by atoms with Gasteiger partial charge in [-0.1, -0.05) is 66.0 Å². The van der Waals surface area contributed by atoms with Crippen LogP contribution in [0.2, 0.25) is 0 Å². The monoisotopic (exact) mass is 432 g/mol. The smallest absolute Gasteiger partial charge is 0.0577 e. The lowest BCUT2D eigenvalue weighted by Crippen LogP contribution is -2.50. The zero-order chi connectivity index (χ0) is 22.8. The van der Waals surface area contributed by atoms with Crippen molar-refractivity contribution in [3.05, 3.63) is 11.6 Å². The van der Waals surface area contributed by atoms with Gasteiger partial charge >= 0.3 is 0 Å². The van der Waals surface area contributed by atoms with Gasteiger partial charge in [0.05, 0.1) is 6.10 Å². The topological polar surface area (TPSA) is 40.5 Å². The summed E-state index contributed by atoms with van der Waals surface area (Å²) in [6, 6.07) is 0. The minimum Gasteiger partial charge on any atom is -0.396 e. The number of hydrogen-bond acceptors (Lipinski definition) is 2. The van der Waals surface area contributed by atoms with E-state index in [1.807, 2.05) is 13.8 Å². The molecule has 4 aliphatic rings. The SMILES string of the molecule is CC.CC(CO)CCCC(C)C1CCC2C3CC=C4CC(O)CCC4(C)C3CCC12C. The number of hydrogen-bond donors (Lipinski definition) is 2. The molecule has 0 amide bonds. The van der Waals surface area contributed by atoms with E-state index in [-0.39, 0.29) is 6.10 Å². The lowest BCUT2D eigenvalue weighted by Gasteiger charge is -2.58. The molecule has 0 aromatic heterocycles. The largest absolute Gasteiger partial charge is 0.396 e. The summed E-state index contributed by atoms with van der Waals surface area (Å²) < 4.78 is 0. The average Bonchev–Trinajstić information content (AvgIpc) is 3.12. The van der Waals surface area contributed by atoms with Crippen molar-refractivity contribution in [3.63, 3.8) is 0 Å². The van der Waals surface area contributed by atoms with Crippen LogP contribution in [0, 0.1) is 46.3 Å². The highest BCUT2D eigenvalue weighted by Crippen LogP contribution is 2.67. The Morgan fingerprint density at radius 1 is 1.00 bits per heavy atom. The van der Waals surface area contributed by atoms with Crippen LogP contribution in [-0.2, 0) is 0 Å². The zero-order valence-electron chi connectivity index (χ0n) is 21.5. The normalized spacial score (nSPS) is 43.5. The molecule has 3 fully saturated rings. The first-order valence-corrected chi connectivity index (χ1v) is 13.8. The molecule has 0 saturated heterocycles. The second-order valence-corrected chi connectivity index (χ2v) is 12.1. The third kappa shape index (κ3) is 4.68. The number of rotatable bonds is 6. The third-order valence-corrected chi connectivity index (χ3v) is 10.5. The molecule has 0 aliphatic heterocycles. The summed E-state index contributed by atoms with van der Waals surface area (Å²) in [5.74, 6) is 4.82. The molecule has 9 atom stereocenters. The van der Waals surface area contributed by atoms with Crippen molar-refractivity contribution < 1.29 is 10.2 Å². The lowest BCUT2D eigenvalue weighted by atomic mass is 9.47. The maximum atomic E-state index is 10.2. The van der Waals surface area contributed by atoms with Crippen LogP contribution in [0.5, 0.6) is 0 Å². The van der Waals surface area contributed by atoms with Gasteiger partial charge in [0, 0.05) is 6.61 Å². The van der Waals surface area contributed by atoms with Crippen molar-refractivity contribution in [2.24, 2.45) is 46.3 Å². The molecule has 0 radical (unpaired) electrons. The van der Waals surface area contributed by atoms with E-state index >= 15 is 0 Å². The van der Waals surface area contributed by atoms with Gasteiger partial charge in [-0.25, -0.2) is 0 Å². The minimum absolute atomic E-state index is 0.0926. The summed E-state index contributed by atoms with van der Waals surface area (Å²) >= 11 is 0. The molecule has 2 N–H and O–H groups in total. The van der Waals surface area contributed by atoms with Crippen LogP contribution < -0.4 is 0 Å². The molecule has 0 heterocycles. The Bertz CT molecular complexity index is 612. The van der Waals surface area contributed by atoms with E-state index in [0.717, 1.165) is 42.4 Å². The summed E-state index contributed by atoms with van der Waals surface area (Å²) in [6.07, 6.45) is 16.4. The Morgan fingerprint density at radius 3 is 2.45 bits per heavy atom. The predicted molar refractivity (Wildman–Crippen MR) is 132 cm³/mol. The molecule has 0 aromatic rings. The third-order valence-electron chi connectivity index (χ3n) is 10.5. The molecule has 3 saturated carbocycles. The molecule has 31 heavy (non-hydrogen) atoms. The van der Waals surface area contributed by atoms with Gasteiger partial charge in [0.1, 0.15) is 0 Å². The number of aliphatic hydroxyl groups is 2. The summed E-state index contributed by atoms with van der Waals surface area (Å²) in [5.41, 5.74) is 2.51. The summed E-state index contributed by atoms with van der Waals surface area (Å²) in [6.45, 7) is 14.2. The Kier molecular flexibility index (Phi) is 8.39. The summed E-state index contributed by atoms with van der Waals surface area (Å²) in [7, 11) is 0. The highest BCUT2D eigenvalue weighted by molar-refractivity contribution is 5.25. The molecule has 9 unspecified atom stereocenters. The summed E-state index contributed by atoms with van der Waals surface area (Å²) in [5, 5.41) is 19.5. The van der Waals surface area contributed by atoms with E-state index in [1.54, 1.807) is 5.57 Å². The second kappa shape index (κ2) is 10.3. The van der Waals surface area contributed by atoms with Gasteiger partial charge in [-0.15, -0.1) is 0 Å². The molecular formula is C29H52O2. The Hall–Kier alpha value is -0.340. The highest BCUT2D eigenvalue weighted by atomic mass is 16.3. The van der Waals surface area contributed by atoms with Gasteiger partial charge in [-0.2, -0.15) is 0 Å². The van der Waals surface area contributed by atoms with E-state index in [1.165, 1.54) is 57.8 Å². The first-order chi connectivity index (χ1) is 14.8. The van der Waals surface area contributed by atoms with Crippen LogP contribution in [0.15, 0.2) is 11.6 Å². The molecule has 0 aromatic carbocycles. The number of allylic oxidation sites excluding steroid dienone is 1. The van der Waals surface area contributed by atoms with Crippen LogP contribution in [0.3, 0.4) is 0 Å². The van der Waals surface area contributed by atoms with Gasteiger partial charge in [-0.05, 0) is 104 Å². The minimum atomic E-state index is -0.0926. The van der Waals surface area contributed by atoms with Crippen molar-refractivity contribution in [3.8, 4) is 0 Å². The van der Waals surface area contributed by atoms with Crippen molar-refractivity contribution in [1.82, 2.24) is 0 Å². The fourth-order valence-electron chi connectivity index (χ4n) is 8.70. The van der Waals surface area contributed by atoms with Crippen molar-refractivity contribution in [1.29, 1.82) is 0 Å². The second-order valence-electron chi connectivity index (χ2n) is 12.1. The van der Waals surface area contributed by atoms with Gasteiger partial charge in [0.2, 0.25) is 0 Å². The first kappa shape index (κ1) is 25.3. The van der Waals surface area contributed by atoms with E-state index in [0.29, 0.717) is 23.4 Å². The van der Waals surface area contributed by atoms with Gasteiger partial charge in [-0.3, -0.25) is 0 Å². The molecule has 4 rings (SSSR count). The van der Waals surface area contributed by atoms with Crippen molar-refractivity contribution >= 4 is 0 Å². The Balaban J connectivity index is 0.00000132. The van der Waals surface area contributed by atoms with Gasteiger partial charge in [0.15, 0.2) is 0 Å². The molecule has 2 nitrogen and oxygen atoms in total. The summed E-state index contributed by atoms with van der Waals surface area (Å²) in [4.78, 5) is 0. The van der Waals surface area contributed by atoms with Crippen LogP contribution in [0.1, 0.15) is 112 Å². The van der Waals surface area contributed by atoms with E-state index in [9.17, 15) is 10.2 Å². The van der Waals surface area contributed by atoms with E-state index in [4.69, 9.17) is 0 Å². The molecular weight excluding hydrogens is 380 g/mol. The molecule has 2 heteroatoms. The van der Waals surface area contributed by atoms with Gasteiger partial charge < -0.3 is 10.2 Å². The van der Waals surface area contributed by atoms with Crippen LogP contribution in [0.25, 0.3) is 0 Å². The zero-order valence-corrected chi connectivity index (χ0v) is 21.5. The average molecular weight is 433 g/mol. The van der Waals surface area contributed by atoms with Crippen molar-refractivity contribution in [2.45, 2.75) is 118 Å². The predicted octanol–water partition coefficient (Wildman–Crippen LogP) is 7.39. The molecule has 0 spiro atoms. The molecule has 0 bridgehead atoms. The Morgan fingerprint density at radius 2 is 1.74 bits per heavy atom. The quantitative estimate of drug-likeness (QED) is 0.430. The maximum Gasteiger partial charge on any atom is 0.0577 e. The fraction of sp³-hybridized carbons (Fsp3) is 0.931. The van der Waals surface area contributed by atoms with E-state index < -0.39 is 0 Å². The fourth-order valence-corrected chi connectivity index (χ4v) is 8.70. The number of fused-ring (bicyclic) bond motifs is 5. The lowest BCUT2D eigenvalue weighted by molar-refractivity contribution is -0.0573. The molecule has 180 valence electrons. The van der Waals surface area contributed by atoms with Gasteiger partial charge in [0.25, 0.3) is 0 Å². The first-order valence-electron chi connectivity index (χ1n) is 13.8. The number of aliphatic hydroxyl groups excluding tert-OH is 2. The van der Waals surface area contributed by atoms with Crippen LogP contribution in [-0.4, -0.2) is 22.9 Å².